The zero-order chi connectivity index (χ0) is 18.4. The number of fused-ring (bicyclic) bond motifs is 3. The standard InChI is InChI=1S/C20H19N3O4/c24-17-15(10-12-6-2-1-3-7-12)21-18(25)16(22-17)11-20-13-8-4-5-9-14(13)23-19(20)26-27-20/h1-9,15-16,19,23H,10-11H2,(H,21,25)(H,22,24)/t15-,16-,19+,20+/m0/s1. The van der Waals surface area contributed by atoms with Crippen LogP contribution in [0.15, 0.2) is 54.6 Å². The van der Waals surface area contributed by atoms with Gasteiger partial charge in [-0.25, -0.2) is 9.78 Å². The van der Waals surface area contributed by atoms with Gasteiger partial charge in [-0.15, -0.1) is 0 Å². The van der Waals surface area contributed by atoms with Gasteiger partial charge in [0.2, 0.25) is 11.8 Å². The molecular weight excluding hydrogens is 346 g/mol. The van der Waals surface area contributed by atoms with E-state index in [0.717, 1.165) is 16.8 Å². The lowest BCUT2D eigenvalue weighted by Crippen LogP contribution is -2.65. The Morgan fingerprint density at radius 1 is 0.852 bits per heavy atom. The van der Waals surface area contributed by atoms with E-state index in [2.05, 4.69) is 16.0 Å². The van der Waals surface area contributed by atoms with Gasteiger partial charge in [0.1, 0.15) is 12.1 Å². The molecule has 3 aliphatic rings. The summed E-state index contributed by atoms with van der Waals surface area (Å²) in [6.07, 6.45) is 0.405. The van der Waals surface area contributed by atoms with Crippen molar-refractivity contribution < 1.29 is 19.4 Å². The summed E-state index contributed by atoms with van der Waals surface area (Å²) in [6, 6.07) is 16.1. The lowest BCUT2D eigenvalue weighted by molar-refractivity contribution is -0.509. The number of carbonyl (C=O) groups excluding carboxylic acids is 2. The first kappa shape index (κ1) is 16.3. The van der Waals surface area contributed by atoms with Gasteiger partial charge in [0.15, 0.2) is 11.8 Å². The van der Waals surface area contributed by atoms with Gasteiger partial charge in [0, 0.05) is 24.1 Å². The van der Waals surface area contributed by atoms with Gasteiger partial charge in [0.05, 0.1) is 0 Å². The first-order valence-corrected chi connectivity index (χ1v) is 9.01. The van der Waals surface area contributed by atoms with Crippen molar-refractivity contribution in [1.29, 1.82) is 0 Å². The fourth-order valence-electron chi connectivity index (χ4n) is 4.03. The summed E-state index contributed by atoms with van der Waals surface area (Å²) in [4.78, 5) is 35.9. The first-order chi connectivity index (χ1) is 13.2. The molecule has 2 amide bonds. The molecule has 0 unspecified atom stereocenters. The Morgan fingerprint density at radius 2 is 1.56 bits per heavy atom. The number of carbonyl (C=O) groups is 2. The molecule has 3 aliphatic heterocycles. The number of piperazine rings is 1. The molecule has 5 rings (SSSR count). The molecule has 0 spiro atoms. The third kappa shape index (κ3) is 2.58. The van der Waals surface area contributed by atoms with E-state index < -0.39 is 17.7 Å². The van der Waals surface area contributed by atoms with E-state index in [0.29, 0.717) is 12.8 Å². The quantitative estimate of drug-likeness (QED) is 0.709. The van der Waals surface area contributed by atoms with Crippen molar-refractivity contribution in [2.45, 2.75) is 36.8 Å². The summed E-state index contributed by atoms with van der Waals surface area (Å²) in [7, 11) is 0. The highest BCUT2D eigenvalue weighted by Crippen LogP contribution is 2.51. The molecule has 27 heavy (non-hydrogen) atoms. The fourth-order valence-corrected chi connectivity index (χ4v) is 4.03. The van der Waals surface area contributed by atoms with E-state index in [-0.39, 0.29) is 18.0 Å². The summed E-state index contributed by atoms with van der Waals surface area (Å²) in [6.45, 7) is 0. The molecule has 7 heteroatoms. The molecule has 4 atom stereocenters. The van der Waals surface area contributed by atoms with Crippen molar-refractivity contribution in [3.8, 4) is 0 Å². The Hall–Kier alpha value is -2.90. The third-order valence-electron chi connectivity index (χ3n) is 5.44. The molecule has 2 aromatic rings. The minimum Gasteiger partial charge on any atom is -0.355 e. The van der Waals surface area contributed by atoms with Crippen LogP contribution in [-0.4, -0.2) is 30.1 Å². The summed E-state index contributed by atoms with van der Waals surface area (Å²) in [5.41, 5.74) is 2.09. The van der Waals surface area contributed by atoms with Gasteiger partial charge < -0.3 is 16.0 Å². The van der Waals surface area contributed by atoms with Crippen molar-refractivity contribution in [2.75, 3.05) is 5.32 Å². The monoisotopic (exact) mass is 365 g/mol. The van der Waals surface area contributed by atoms with Gasteiger partial charge in [-0.1, -0.05) is 48.5 Å². The Labute approximate surface area is 156 Å². The highest BCUT2D eigenvalue weighted by molar-refractivity contribution is 5.97. The smallest absolute Gasteiger partial charge is 0.243 e. The Morgan fingerprint density at radius 3 is 2.33 bits per heavy atom. The van der Waals surface area contributed by atoms with Crippen LogP contribution in [0.1, 0.15) is 17.5 Å². The van der Waals surface area contributed by atoms with Crippen LogP contribution in [0.3, 0.4) is 0 Å². The maximum Gasteiger partial charge on any atom is 0.243 e. The van der Waals surface area contributed by atoms with Crippen molar-refractivity contribution in [2.24, 2.45) is 0 Å². The molecule has 2 fully saturated rings. The zero-order valence-electron chi connectivity index (χ0n) is 14.5. The normalized spacial score (nSPS) is 31.0. The minimum absolute atomic E-state index is 0.184. The van der Waals surface area contributed by atoms with E-state index >= 15 is 0 Å². The van der Waals surface area contributed by atoms with Crippen LogP contribution in [0.25, 0.3) is 0 Å². The maximum absolute atomic E-state index is 12.7. The molecule has 0 aromatic heterocycles. The van der Waals surface area contributed by atoms with E-state index in [1.54, 1.807) is 0 Å². The second-order valence-corrected chi connectivity index (χ2v) is 7.16. The van der Waals surface area contributed by atoms with Crippen LogP contribution >= 0.6 is 0 Å². The van der Waals surface area contributed by atoms with E-state index in [1.807, 2.05) is 54.6 Å². The molecule has 0 aliphatic carbocycles. The van der Waals surface area contributed by atoms with E-state index in [9.17, 15) is 9.59 Å². The van der Waals surface area contributed by atoms with Crippen LogP contribution in [-0.2, 0) is 31.4 Å². The van der Waals surface area contributed by atoms with Gasteiger partial charge in [-0.05, 0) is 11.6 Å². The lowest BCUT2D eigenvalue weighted by atomic mass is 9.85. The molecule has 7 nitrogen and oxygen atoms in total. The summed E-state index contributed by atoms with van der Waals surface area (Å²) >= 11 is 0. The van der Waals surface area contributed by atoms with Crippen molar-refractivity contribution >= 4 is 17.5 Å². The molecule has 2 aromatic carbocycles. The maximum atomic E-state index is 12.7. The largest absolute Gasteiger partial charge is 0.355 e. The minimum atomic E-state index is -0.766. The molecule has 0 bridgehead atoms. The number of rotatable bonds is 4. The fraction of sp³-hybridized carbons (Fsp3) is 0.300. The Bertz CT molecular complexity index is 903. The number of nitrogens with one attached hydrogen (secondary N) is 3. The second-order valence-electron chi connectivity index (χ2n) is 7.16. The second kappa shape index (κ2) is 6.07. The van der Waals surface area contributed by atoms with Crippen molar-refractivity contribution in [1.82, 2.24) is 10.6 Å². The molecule has 0 radical (unpaired) electrons. The number of hydrogen-bond donors (Lipinski definition) is 3. The first-order valence-electron chi connectivity index (χ1n) is 9.01. The average molecular weight is 365 g/mol. The molecule has 3 N–H and O–H groups in total. The molecule has 138 valence electrons. The number of hydrogen-bond acceptors (Lipinski definition) is 5. The lowest BCUT2D eigenvalue weighted by Gasteiger charge is -2.44. The average Bonchev–Trinajstić information content (AvgIpc) is 2.88. The topological polar surface area (TPSA) is 88.7 Å². The van der Waals surface area contributed by atoms with Crippen LogP contribution in [0.5, 0.6) is 0 Å². The third-order valence-corrected chi connectivity index (χ3v) is 5.44. The van der Waals surface area contributed by atoms with Gasteiger partial charge in [-0.3, -0.25) is 9.59 Å². The van der Waals surface area contributed by atoms with Crippen molar-refractivity contribution in [3.63, 3.8) is 0 Å². The van der Waals surface area contributed by atoms with Gasteiger partial charge >= 0.3 is 0 Å². The SMILES string of the molecule is O=C1N[C@@H](C[C@]23OO[C@H]2Nc2ccccc23)C(=O)N[C@H]1Cc1ccccc1. The summed E-state index contributed by atoms with van der Waals surface area (Å²) in [5.74, 6) is -0.389. The molecule has 0 saturated carbocycles. The van der Waals surface area contributed by atoms with E-state index in [1.165, 1.54) is 0 Å². The number of benzene rings is 2. The predicted molar refractivity (Wildman–Crippen MR) is 96.3 cm³/mol. The van der Waals surface area contributed by atoms with Crippen LogP contribution in [0.4, 0.5) is 5.69 Å². The van der Waals surface area contributed by atoms with Crippen LogP contribution in [0.2, 0.25) is 0 Å². The highest BCUT2D eigenvalue weighted by Gasteiger charge is 2.60. The summed E-state index contributed by atoms with van der Waals surface area (Å²) < 4.78 is 0. The number of anilines is 1. The van der Waals surface area contributed by atoms with Gasteiger partial charge in [-0.2, -0.15) is 0 Å². The Kier molecular flexibility index (Phi) is 3.66. The predicted octanol–water partition coefficient (Wildman–Crippen LogP) is 1.21. The molecule has 2 saturated heterocycles. The Balaban J connectivity index is 1.32. The molecular formula is C20H19N3O4. The highest BCUT2D eigenvalue weighted by atomic mass is 17.3. The van der Waals surface area contributed by atoms with Crippen LogP contribution in [0, 0.1) is 0 Å². The van der Waals surface area contributed by atoms with Crippen LogP contribution < -0.4 is 16.0 Å². The van der Waals surface area contributed by atoms with Gasteiger partial charge in [0.25, 0.3) is 0 Å². The van der Waals surface area contributed by atoms with E-state index in [4.69, 9.17) is 9.78 Å². The summed E-state index contributed by atoms with van der Waals surface area (Å²) in [5, 5.41) is 8.95. The molecule has 3 heterocycles. The zero-order valence-corrected chi connectivity index (χ0v) is 14.5. The number of para-hydroxylation sites is 1. The number of amides is 2. The van der Waals surface area contributed by atoms with Crippen molar-refractivity contribution in [3.05, 3.63) is 65.7 Å².